The SMILES string of the molecule is CCCCCCC1(CCCC)CCC1. The lowest BCUT2D eigenvalue weighted by atomic mass is 9.63. The van der Waals surface area contributed by atoms with Crippen molar-refractivity contribution in [3.63, 3.8) is 0 Å². The Morgan fingerprint density at radius 1 is 0.786 bits per heavy atom. The van der Waals surface area contributed by atoms with Crippen LogP contribution in [0.3, 0.4) is 0 Å². The minimum absolute atomic E-state index is 0.823. The molecule has 0 radical (unpaired) electrons. The molecule has 0 spiro atoms. The Hall–Kier alpha value is 0. The quantitative estimate of drug-likeness (QED) is 0.461. The Labute approximate surface area is 90.5 Å². The van der Waals surface area contributed by atoms with E-state index in [0.29, 0.717) is 0 Å². The monoisotopic (exact) mass is 196 g/mol. The van der Waals surface area contributed by atoms with Gasteiger partial charge in [0.2, 0.25) is 0 Å². The first-order valence-electron chi connectivity index (χ1n) is 6.83. The minimum atomic E-state index is 0.823. The van der Waals surface area contributed by atoms with Crippen LogP contribution in [-0.4, -0.2) is 0 Å². The number of rotatable bonds is 8. The van der Waals surface area contributed by atoms with Gasteiger partial charge >= 0.3 is 0 Å². The van der Waals surface area contributed by atoms with Crippen LogP contribution in [0.25, 0.3) is 0 Å². The lowest BCUT2D eigenvalue weighted by Gasteiger charge is -2.42. The number of unbranched alkanes of at least 4 members (excludes halogenated alkanes) is 4. The first-order chi connectivity index (χ1) is 6.83. The van der Waals surface area contributed by atoms with Gasteiger partial charge in [0.05, 0.1) is 0 Å². The molecule has 0 heteroatoms. The van der Waals surface area contributed by atoms with Crippen molar-refractivity contribution < 1.29 is 0 Å². The molecule has 0 heterocycles. The van der Waals surface area contributed by atoms with Crippen molar-refractivity contribution in [2.45, 2.75) is 84.5 Å². The van der Waals surface area contributed by atoms with Crippen LogP contribution in [-0.2, 0) is 0 Å². The molecule has 0 N–H and O–H groups in total. The molecule has 1 fully saturated rings. The normalized spacial score (nSPS) is 19.3. The van der Waals surface area contributed by atoms with Gasteiger partial charge in [-0.2, -0.15) is 0 Å². The summed E-state index contributed by atoms with van der Waals surface area (Å²) in [6, 6.07) is 0. The minimum Gasteiger partial charge on any atom is -0.0654 e. The van der Waals surface area contributed by atoms with Crippen molar-refractivity contribution in [3.05, 3.63) is 0 Å². The summed E-state index contributed by atoms with van der Waals surface area (Å²) in [5, 5.41) is 0. The van der Waals surface area contributed by atoms with E-state index >= 15 is 0 Å². The molecule has 0 bridgehead atoms. The standard InChI is InChI=1S/C14H28/c1-3-5-7-8-11-14(10-6-4-2)12-9-13-14/h3-13H2,1-2H3. The summed E-state index contributed by atoms with van der Waals surface area (Å²) in [7, 11) is 0. The van der Waals surface area contributed by atoms with Gasteiger partial charge in [0.15, 0.2) is 0 Å². The van der Waals surface area contributed by atoms with E-state index in [0.717, 1.165) is 5.41 Å². The van der Waals surface area contributed by atoms with Crippen molar-refractivity contribution in [2.24, 2.45) is 5.41 Å². The van der Waals surface area contributed by atoms with Crippen molar-refractivity contribution in [2.75, 3.05) is 0 Å². The average Bonchev–Trinajstić information content (AvgIpc) is 2.15. The predicted octanol–water partition coefficient (Wildman–Crippen LogP) is 5.32. The predicted molar refractivity (Wildman–Crippen MR) is 64.6 cm³/mol. The summed E-state index contributed by atoms with van der Waals surface area (Å²) >= 11 is 0. The molecule has 0 saturated heterocycles. The van der Waals surface area contributed by atoms with Crippen molar-refractivity contribution >= 4 is 0 Å². The largest absolute Gasteiger partial charge is 0.0654 e. The highest BCUT2D eigenvalue weighted by Gasteiger charge is 2.34. The van der Waals surface area contributed by atoms with E-state index < -0.39 is 0 Å². The fraction of sp³-hybridized carbons (Fsp3) is 1.00. The maximum Gasteiger partial charge on any atom is -0.0297 e. The Morgan fingerprint density at radius 2 is 1.43 bits per heavy atom. The molecule has 0 amide bonds. The number of hydrogen-bond acceptors (Lipinski definition) is 0. The summed E-state index contributed by atoms with van der Waals surface area (Å²) in [6.45, 7) is 4.62. The van der Waals surface area contributed by atoms with E-state index in [2.05, 4.69) is 13.8 Å². The Bertz CT molecular complexity index is 133. The first-order valence-corrected chi connectivity index (χ1v) is 6.83. The second-order valence-corrected chi connectivity index (χ2v) is 5.27. The van der Waals surface area contributed by atoms with Gasteiger partial charge in [0.1, 0.15) is 0 Å². The maximum atomic E-state index is 2.32. The van der Waals surface area contributed by atoms with Crippen LogP contribution in [0.5, 0.6) is 0 Å². The van der Waals surface area contributed by atoms with Crippen molar-refractivity contribution in [1.82, 2.24) is 0 Å². The molecule has 0 aromatic heterocycles. The van der Waals surface area contributed by atoms with Crippen molar-refractivity contribution in [3.8, 4) is 0 Å². The Balaban J connectivity index is 2.10. The van der Waals surface area contributed by atoms with Gasteiger partial charge in [-0.25, -0.2) is 0 Å². The lowest BCUT2D eigenvalue weighted by molar-refractivity contribution is 0.0985. The van der Waals surface area contributed by atoms with E-state index in [4.69, 9.17) is 0 Å². The van der Waals surface area contributed by atoms with Gasteiger partial charge in [-0.15, -0.1) is 0 Å². The molecule has 1 aliphatic carbocycles. The maximum absolute atomic E-state index is 2.32. The summed E-state index contributed by atoms with van der Waals surface area (Å²) < 4.78 is 0. The summed E-state index contributed by atoms with van der Waals surface area (Å²) in [6.07, 6.45) is 16.3. The Kier molecular flexibility index (Phi) is 5.59. The molecule has 84 valence electrons. The summed E-state index contributed by atoms with van der Waals surface area (Å²) in [4.78, 5) is 0. The van der Waals surface area contributed by atoms with E-state index in [-0.39, 0.29) is 0 Å². The summed E-state index contributed by atoms with van der Waals surface area (Å²) in [5.41, 5.74) is 0.823. The fourth-order valence-electron chi connectivity index (χ4n) is 2.78. The van der Waals surface area contributed by atoms with Crippen LogP contribution in [0, 0.1) is 5.41 Å². The van der Waals surface area contributed by atoms with Gasteiger partial charge in [-0.05, 0) is 31.1 Å². The molecule has 14 heavy (non-hydrogen) atoms. The van der Waals surface area contributed by atoms with Crippen LogP contribution in [0.2, 0.25) is 0 Å². The molecule has 1 aliphatic rings. The van der Waals surface area contributed by atoms with E-state index in [9.17, 15) is 0 Å². The highest BCUT2D eigenvalue weighted by molar-refractivity contribution is 4.87. The molecular formula is C14H28. The van der Waals surface area contributed by atoms with Gasteiger partial charge in [-0.3, -0.25) is 0 Å². The molecule has 1 saturated carbocycles. The van der Waals surface area contributed by atoms with Gasteiger partial charge < -0.3 is 0 Å². The molecule has 0 nitrogen and oxygen atoms in total. The van der Waals surface area contributed by atoms with E-state index in [1.54, 1.807) is 12.8 Å². The Morgan fingerprint density at radius 3 is 1.93 bits per heavy atom. The van der Waals surface area contributed by atoms with Gasteiger partial charge in [-0.1, -0.05) is 58.8 Å². The van der Waals surface area contributed by atoms with Crippen LogP contribution < -0.4 is 0 Å². The summed E-state index contributed by atoms with van der Waals surface area (Å²) in [5.74, 6) is 0. The molecular weight excluding hydrogens is 168 g/mol. The second kappa shape index (κ2) is 6.48. The van der Waals surface area contributed by atoms with Gasteiger partial charge in [0.25, 0.3) is 0 Å². The number of hydrogen-bond donors (Lipinski definition) is 0. The highest BCUT2D eigenvalue weighted by Crippen LogP contribution is 2.48. The first kappa shape index (κ1) is 12.1. The molecule has 0 unspecified atom stereocenters. The third-order valence-electron chi connectivity index (χ3n) is 4.04. The molecule has 0 atom stereocenters. The molecule has 0 aromatic carbocycles. The van der Waals surface area contributed by atoms with Crippen molar-refractivity contribution in [1.29, 1.82) is 0 Å². The fourth-order valence-corrected chi connectivity index (χ4v) is 2.78. The average molecular weight is 196 g/mol. The van der Waals surface area contributed by atoms with Crippen LogP contribution in [0.4, 0.5) is 0 Å². The van der Waals surface area contributed by atoms with E-state index in [1.165, 1.54) is 57.8 Å². The third kappa shape index (κ3) is 3.63. The third-order valence-corrected chi connectivity index (χ3v) is 4.04. The van der Waals surface area contributed by atoms with Crippen LogP contribution >= 0.6 is 0 Å². The zero-order valence-electron chi connectivity index (χ0n) is 10.3. The zero-order valence-corrected chi connectivity index (χ0v) is 10.3. The zero-order chi connectivity index (χ0) is 10.3. The molecule has 1 rings (SSSR count). The van der Waals surface area contributed by atoms with Crippen LogP contribution in [0.15, 0.2) is 0 Å². The topological polar surface area (TPSA) is 0 Å². The highest BCUT2D eigenvalue weighted by atomic mass is 14.4. The van der Waals surface area contributed by atoms with Crippen LogP contribution in [0.1, 0.15) is 84.5 Å². The van der Waals surface area contributed by atoms with E-state index in [1.807, 2.05) is 0 Å². The van der Waals surface area contributed by atoms with Gasteiger partial charge in [0, 0.05) is 0 Å². The second-order valence-electron chi connectivity index (χ2n) is 5.27. The molecule has 0 aromatic rings. The molecule has 0 aliphatic heterocycles. The lowest BCUT2D eigenvalue weighted by Crippen LogP contribution is -2.29. The smallest absolute Gasteiger partial charge is 0.0297 e.